The summed E-state index contributed by atoms with van der Waals surface area (Å²) < 4.78 is 44.8. The highest BCUT2D eigenvalue weighted by atomic mass is 32.2. The number of nitrogens with one attached hydrogen (secondary N) is 1. The molecule has 1 N–H and O–H groups in total. The normalized spacial score (nSPS) is 19.7. The molecule has 158 valence electrons. The molecule has 29 heavy (non-hydrogen) atoms. The molecule has 0 amide bonds. The van der Waals surface area contributed by atoms with Gasteiger partial charge < -0.3 is 14.2 Å². The maximum absolute atomic E-state index is 12.7. The van der Waals surface area contributed by atoms with Gasteiger partial charge in [0.25, 0.3) is 11.8 Å². The Morgan fingerprint density at radius 1 is 1.00 bits per heavy atom. The molecule has 0 unspecified atom stereocenters. The Morgan fingerprint density at radius 2 is 1.62 bits per heavy atom. The molecule has 0 saturated heterocycles. The van der Waals surface area contributed by atoms with Crippen LogP contribution in [0.3, 0.4) is 0 Å². The number of aromatic nitrogens is 2. The molecular formula is C20H27N3O5S. The third-order valence-corrected chi connectivity index (χ3v) is 6.14. The van der Waals surface area contributed by atoms with Gasteiger partial charge in [0, 0.05) is 18.4 Å². The van der Waals surface area contributed by atoms with Crippen molar-refractivity contribution in [1.82, 2.24) is 14.7 Å². The molecule has 2 aromatic rings. The molecule has 0 bridgehead atoms. The maximum Gasteiger partial charge on any atom is 0.278 e. The molecule has 3 rings (SSSR count). The van der Waals surface area contributed by atoms with E-state index in [1.54, 1.807) is 36.7 Å². The number of benzene rings is 1. The molecule has 9 heteroatoms. The second-order valence-corrected chi connectivity index (χ2v) is 8.94. The molecule has 8 nitrogen and oxygen atoms in total. The van der Waals surface area contributed by atoms with Crippen molar-refractivity contribution in [3.05, 3.63) is 36.7 Å². The van der Waals surface area contributed by atoms with Crippen molar-refractivity contribution in [1.29, 1.82) is 0 Å². The van der Waals surface area contributed by atoms with Crippen LogP contribution in [-0.4, -0.2) is 43.7 Å². The zero-order chi connectivity index (χ0) is 20.9. The zero-order valence-corrected chi connectivity index (χ0v) is 17.7. The summed E-state index contributed by atoms with van der Waals surface area (Å²) in [5.41, 5.74) is 0. The molecule has 0 aliphatic heterocycles. The number of rotatable bonds is 8. The molecule has 1 aliphatic carbocycles. The second kappa shape index (κ2) is 9.41. The minimum absolute atomic E-state index is 0.0369. The highest BCUT2D eigenvalue weighted by molar-refractivity contribution is 7.89. The van der Waals surface area contributed by atoms with Crippen molar-refractivity contribution in [3.8, 4) is 17.5 Å². The molecule has 0 radical (unpaired) electrons. The van der Waals surface area contributed by atoms with Gasteiger partial charge in [-0.25, -0.2) is 23.1 Å². The van der Waals surface area contributed by atoms with Crippen LogP contribution in [0.15, 0.2) is 41.6 Å². The van der Waals surface area contributed by atoms with Crippen LogP contribution in [0.4, 0.5) is 0 Å². The summed E-state index contributed by atoms with van der Waals surface area (Å²) in [4.78, 5) is 8.46. The Balaban J connectivity index is 1.54. The number of ether oxygens (including phenoxy) is 3. The van der Waals surface area contributed by atoms with Crippen molar-refractivity contribution in [2.24, 2.45) is 0 Å². The van der Waals surface area contributed by atoms with Gasteiger partial charge in [-0.15, -0.1) is 0 Å². The van der Waals surface area contributed by atoms with E-state index in [1.807, 2.05) is 13.8 Å². The van der Waals surface area contributed by atoms with E-state index in [0.29, 0.717) is 43.2 Å². The second-order valence-electron chi connectivity index (χ2n) is 7.22. The Labute approximate surface area is 171 Å². The first-order valence-corrected chi connectivity index (χ1v) is 11.2. The van der Waals surface area contributed by atoms with Gasteiger partial charge in [0.2, 0.25) is 10.0 Å². The molecule has 1 saturated carbocycles. The van der Waals surface area contributed by atoms with Gasteiger partial charge in [-0.05, 0) is 63.8 Å². The summed E-state index contributed by atoms with van der Waals surface area (Å²) in [6.45, 7) is 3.85. The van der Waals surface area contributed by atoms with E-state index in [4.69, 9.17) is 14.2 Å². The molecule has 0 atom stereocenters. The van der Waals surface area contributed by atoms with Crippen molar-refractivity contribution in [2.75, 3.05) is 7.11 Å². The van der Waals surface area contributed by atoms with E-state index < -0.39 is 10.0 Å². The van der Waals surface area contributed by atoms with E-state index in [1.165, 1.54) is 7.11 Å². The van der Waals surface area contributed by atoms with Crippen molar-refractivity contribution >= 4 is 10.0 Å². The number of nitrogens with zero attached hydrogens (tertiary/aromatic N) is 2. The van der Waals surface area contributed by atoms with Crippen LogP contribution in [0.1, 0.15) is 39.5 Å². The van der Waals surface area contributed by atoms with E-state index in [0.717, 1.165) is 0 Å². The predicted molar refractivity (Wildman–Crippen MR) is 108 cm³/mol. The van der Waals surface area contributed by atoms with Gasteiger partial charge in [-0.2, -0.15) is 0 Å². The first kappa shape index (κ1) is 21.3. The lowest BCUT2D eigenvalue weighted by Crippen LogP contribution is -2.39. The first-order valence-electron chi connectivity index (χ1n) is 9.68. The molecule has 1 heterocycles. The molecule has 1 fully saturated rings. The standard InChI is InChI=1S/C20H27N3O5S/c1-14(2)27-16-8-10-18(11-9-16)29(24,25)23-15-4-6-17(7-5-15)28-20-19(26-3)21-12-13-22-20/h8-15,17,23H,4-7H2,1-3H3. The number of methoxy groups -OCH3 is 1. The van der Waals surface area contributed by atoms with Crippen molar-refractivity contribution in [3.63, 3.8) is 0 Å². The van der Waals surface area contributed by atoms with Crippen LogP contribution >= 0.6 is 0 Å². The van der Waals surface area contributed by atoms with Crippen LogP contribution in [0.25, 0.3) is 0 Å². The van der Waals surface area contributed by atoms with Crippen LogP contribution in [-0.2, 0) is 10.0 Å². The average Bonchev–Trinajstić information content (AvgIpc) is 2.69. The number of sulfonamides is 1. The summed E-state index contributed by atoms with van der Waals surface area (Å²) >= 11 is 0. The van der Waals surface area contributed by atoms with Crippen molar-refractivity contribution in [2.45, 2.75) is 62.7 Å². The zero-order valence-electron chi connectivity index (χ0n) is 16.9. The summed E-state index contributed by atoms with van der Waals surface area (Å²) in [5, 5.41) is 0. The van der Waals surface area contributed by atoms with Gasteiger partial charge in [-0.3, -0.25) is 0 Å². The lowest BCUT2D eigenvalue weighted by molar-refractivity contribution is 0.132. The molecule has 1 aliphatic rings. The van der Waals surface area contributed by atoms with E-state index in [9.17, 15) is 8.42 Å². The minimum atomic E-state index is -3.58. The summed E-state index contributed by atoms with van der Waals surface area (Å²) in [7, 11) is -2.06. The third kappa shape index (κ3) is 5.80. The average molecular weight is 422 g/mol. The Bertz CT molecular complexity index is 895. The van der Waals surface area contributed by atoms with E-state index in [2.05, 4.69) is 14.7 Å². The van der Waals surface area contributed by atoms with Gasteiger partial charge in [0.15, 0.2) is 0 Å². The summed E-state index contributed by atoms with van der Waals surface area (Å²) in [6.07, 6.45) is 5.88. The van der Waals surface area contributed by atoms with Gasteiger partial charge in [0.05, 0.1) is 18.1 Å². The molecule has 1 aromatic carbocycles. The van der Waals surface area contributed by atoms with Gasteiger partial charge in [0.1, 0.15) is 11.9 Å². The Hall–Kier alpha value is -2.39. The highest BCUT2D eigenvalue weighted by Gasteiger charge is 2.27. The van der Waals surface area contributed by atoms with Crippen molar-refractivity contribution < 1.29 is 22.6 Å². The molecule has 1 aromatic heterocycles. The fraction of sp³-hybridized carbons (Fsp3) is 0.500. The lowest BCUT2D eigenvalue weighted by Gasteiger charge is -2.29. The lowest BCUT2D eigenvalue weighted by atomic mass is 9.94. The Morgan fingerprint density at radius 3 is 2.21 bits per heavy atom. The number of hydrogen-bond donors (Lipinski definition) is 1. The SMILES string of the molecule is COc1nccnc1OC1CCC(NS(=O)(=O)c2ccc(OC(C)C)cc2)CC1. The van der Waals surface area contributed by atoms with E-state index in [-0.39, 0.29) is 23.1 Å². The van der Waals surface area contributed by atoms with Crippen LogP contribution < -0.4 is 18.9 Å². The predicted octanol–water partition coefficient (Wildman–Crippen LogP) is 2.94. The van der Waals surface area contributed by atoms with Crippen LogP contribution in [0.5, 0.6) is 17.5 Å². The topological polar surface area (TPSA) is 99.6 Å². The molecular weight excluding hydrogens is 394 g/mol. The Kier molecular flexibility index (Phi) is 6.92. The third-order valence-electron chi connectivity index (χ3n) is 4.61. The number of hydrogen-bond acceptors (Lipinski definition) is 7. The molecule has 0 spiro atoms. The monoisotopic (exact) mass is 421 g/mol. The highest BCUT2D eigenvalue weighted by Crippen LogP contribution is 2.28. The smallest absolute Gasteiger partial charge is 0.278 e. The fourth-order valence-electron chi connectivity index (χ4n) is 3.25. The maximum atomic E-state index is 12.7. The van der Waals surface area contributed by atoms with Crippen LogP contribution in [0, 0.1) is 0 Å². The first-order chi connectivity index (χ1) is 13.9. The van der Waals surface area contributed by atoms with Gasteiger partial charge in [-0.1, -0.05) is 0 Å². The quantitative estimate of drug-likeness (QED) is 0.699. The summed E-state index contributed by atoms with van der Waals surface area (Å²) in [5.74, 6) is 1.36. The van der Waals surface area contributed by atoms with Crippen LogP contribution in [0.2, 0.25) is 0 Å². The minimum Gasteiger partial charge on any atom is -0.491 e. The largest absolute Gasteiger partial charge is 0.491 e. The van der Waals surface area contributed by atoms with Gasteiger partial charge >= 0.3 is 0 Å². The summed E-state index contributed by atoms with van der Waals surface area (Å²) in [6, 6.07) is 6.35. The van der Waals surface area contributed by atoms with E-state index >= 15 is 0 Å². The fourth-order valence-corrected chi connectivity index (χ4v) is 4.55.